The fraction of sp³-hybridized carbons (Fsp3) is 0.278. The summed E-state index contributed by atoms with van der Waals surface area (Å²) in [6.45, 7) is 1.78. The molecule has 1 heterocycles. The third kappa shape index (κ3) is 3.75. The van der Waals surface area contributed by atoms with E-state index in [0.29, 0.717) is 22.9 Å². The molecule has 7 nitrogen and oxygen atoms in total. The van der Waals surface area contributed by atoms with Gasteiger partial charge in [-0.05, 0) is 48.9 Å². The van der Waals surface area contributed by atoms with Crippen LogP contribution >= 0.6 is 0 Å². The molecule has 0 bridgehead atoms. The zero-order chi connectivity index (χ0) is 18.9. The molecule has 0 saturated carbocycles. The fourth-order valence-electron chi connectivity index (χ4n) is 2.71. The minimum absolute atomic E-state index is 0.0860. The second-order valence-electron chi connectivity index (χ2n) is 6.09. The van der Waals surface area contributed by atoms with E-state index in [4.69, 9.17) is 9.47 Å². The van der Waals surface area contributed by atoms with Gasteiger partial charge in [0.2, 0.25) is 10.0 Å². The lowest BCUT2D eigenvalue weighted by molar-refractivity contribution is -0.122. The summed E-state index contributed by atoms with van der Waals surface area (Å²) in [6, 6.07) is 12.1. The fourth-order valence-corrected chi connectivity index (χ4v) is 3.62. The van der Waals surface area contributed by atoms with Crippen LogP contribution in [0.1, 0.15) is 5.56 Å². The number of sulfonamides is 1. The summed E-state index contributed by atoms with van der Waals surface area (Å²) < 4.78 is 36.4. The Kier molecular flexibility index (Phi) is 4.78. The van der Waals surface area contributed by atoms with Crippen LogP contribution in [0.4, 0.5) is 11.4 Å². The molecule has 0 fully saturated rings. The van der Waals surface area contributed by atoms with Gasteiger partial charge in [-0.15, -0.1) is 0 Å². The minimum Gasteiger partial charge on any atom is -0.497 e. The molecule has 2 aromatic carbocycles. The summed E-state index contributed by atoms with van der Waals surface area (Å²) in [7, 11) is -1.99. The summed E-state index contributed by atoms with van der Waals surface area (Å²) in [5, 5.41) is 2.74. The van der Waals surface area contributed by atoms with Crippen molar-refractivity contribution >= 4 is 27.3 Å². The van der Waals surface area contributed by atoms with Crippen molar-refractivity contribution in [2.75, 3.05) is 29.5 Å². The van der Waals surface area contributed by atoms with Crippen LogP contribution in [0.25, 0.3) is 0 Å². The molecule has 0 aromatic heterocycles. The van der Waals surface area contributed by atoms with Gasteiger partial charge in [-0.25, -0.2) is 8.42 Å². The van der Waals surface area contributed by atoms with E-state index in [9.17, 15) is 13.2 Å². The molecule has 1 unspecified atom stereocenters. The monoisotopic (exact) mass is 376 g/mol. The Morgan fingerprint density at radius 1 is 1.23 bits per heavy atom. The van der Waals surface area contributed by atoms with Gasteiger partial charge in [0.25, 0.3) is 5.91 Å². The van der Waals surface area contributed by atoms with Crippen molar-refractivity contribution in [2.24, 2.45) is 0 Å². The van der Waals surface area contributed by atoms with Crippen LogP contribution < -0.4 is 19.1 Å². The first kappa shape index (κ1) is 18.1. The molecular formula is C18H20N2O5S. The highest BCUT2D eigenvalue weighted by Gasteiger charge is 2.35. The molecule has 8 heteroatoms. The topological polar surface area (TPSA) is 84.9 Å². The Morgan fingerprint density at radius 2 is 1.92 bits per heavy atom. The molecule has 1 aliphatic heterocycles. The van der Waals surface area contributed by atoms with E-state index in [0.717, 1.165) is 11.8 Å². The lowest BCUT2D eigenvalue weighted by atomic mass is 10.1. The zero-order valence-corrected chi connectivity index (χ0v) is 15.5. The number of amides is 1. The van der Waals surface area contributed by atoms with Gasteiger partial charge in [-0.2, -0.15) is 0 Å². The van der Waals surface area contributed by atoms with Crippen molar-refractivity contribution in [2.45, 2.75) is 13.0 Å². The highest BCUT2D eigenvalue weighted by molar-refractivity contribution is 7.92. The Hall–Kier alpha value is -2.74. The van der Waals surface area contributed by atoms with E-state index in [1.54, 1.807) is 43.5 Å². The maximum atomic E-state index is 12.6. The summed E-state index contributed by atoms with van der Waals surface area (Å²) in [6.07, 6.45) is 0.158. The molecule has 1 N–H and O–H groups in total. The standard InChI is InChI=1S/C18H20N2O5S/c1-12-4-9-16-15(10-12)20(26(3,22)23)11-17(25-16)18(21)19-13-5-7-14(24-2)8-6-13/h4-10,17H,11H2,1-3H3,(H,19,21). The van der Waals surface area contributed by atoms with Crippen LogP contribution in [0.15, 0.2) is 42.5 Å². The van der Waals surface area contributed by atoms with Crippen molar-refractivity contribution < 1.29 is 22.7 Å². The van der Waals surface area contributed by atoms with Gasteiger partial charge < -0.3 is 14.8 Å². The quantitative estimate of drug-likeness (QED) is 0.884. The molecule has 0 aliphatic carbocycles. The number of aryl methyl sites for hydroxylation is 1. The number of benzene rings is 2. The van der Waals surface area contributed by atoms with E-state index < -0.39 is 22.0 Å². The molecule has 3 rings (SSSR count). The summed E-state index contributed by atoms with van der Waals surface area (Å²) in [4.78, 5) is 12.6. The second kappa shape index (κ2) is 6.87. The number of rotatable bonds is 4. The van der Waals surface area contributed by atoms with Crippen LogP contribution in [0.2, 0.25) is 0 Å². The molecule has 138 valence electrons. The van der Waals surface area contributed by atoms with E-state index >= 15 is 0 Å². The Labute approximate surface area is 152 Å². The van der Waals surface area contributed by atoms with Gasteiger partial charge in [0.15, 0.2) is 6.10 Å². The number of nitrogens with one attached hydrogen (secondary N) is 1. The molecule has 0 radical (unpaired) electrons. The summed E-state index contributed by atoms with van der Waals surface area (Å²) in [5.74, 6) is 0.613. The van der Waals surface area contributed by atoms with Crippen molar-refractivity contribution in [1.29, 1.82) is 0 Å². The average Bonchev–Trinajstić information content (AvgIpc) is 2.60. The summed E-state index contributed by atoms with van der Waals surface area (Å²) in [5.41, 5.74) is 1.92. The predicted octanol–water partition coefficient (Wildman–Crippen LogP) is 2.17. The van der Waals surface area contributed by atoms with Gasteiger partial charge >= 0.3 is 0 Å². The molecule has 0 spiro atoms. The summed E-state index contributed by atoms with van der Waals surface area (Å²) >= 11 is 0. The van der Waals surface area contributed by atoms with Gasteiger partial charge in [0.05, 0.1) is 25.6 Å². The highest BCUT2D eigenvalue weighted by atomic mass is 32.2. The minimum atomic E-state index is -3.55. The normalized spacial score (nSPS) is 16.4. The molecular weight excluding hydrogens is 356 g/mol. The van der Waals surface area contributed by atoms with Crippen molar-refractivity contribution in [3.8, 4) is 11.5 Å². The number of nitrogens with zero attached hydrogens (tertiary/aromatic N) is 1. The SMILES string of the molecule is COc1ccc(NC(=O)C2CN(S(C)(=O)=O)c3cc(C)ccc3O2)cc1. The maximum Gasteiger partial charge on any atom is 0.267 e. The number of fused-ring (bicyclic) bond motifs is 1. The number of carbonyl (C=O) groups is 1. The Bertz CT molecular complexity index is 925. The number of carbonyl (C=O) groups excluding carboxylic acids is 1. The molecule has 1 atom stereocenters. The number of hydrogen-bond acceptors (Lipinski definition) is 5. The third-order valence-electron chi connectivity index (χ3n) is 4.03. The van der Waals surface area contributed by atoms with Crippen molar-refractivity contribution in [3.05, 3.63) is 48.0 Å². The number of ether oxygens (including phenoxy) is 2. The number of anilines is 2. The molecule has 2 aromatic rings. The first-order chi connectivity index (χ1) is 12.3. The van der Waals surface area contributed by atoms with Crippen LogP contribution in [0, 0.1) is 6.92 Å². The van der Waals surface area contributed by atoms with Gasteiger partial charge in [0, 0.05) is 5.69 Å². The molecule has 1 amide bonds. The van der Waals surface area contributed by atoms with Crippen LogP contribution in [-0.2, 0) is 14.8 Å². The largest absolute Gasteiger partial charge is 0.497 e. The van der Waals surface area contributed by atoms with Gasteiger partial charge in [-0.3, -0.25) is 9.10 Å². The first-order valence-corrected chi connectivity index (χ1v) is 9.82. The van der Waals surface area contributed by atoms with E-state index in [2.05, 4.69) is 5.32 Å². The van der Waals surface area contributed by atoms with Gasteiger partial charge in [-0.1, -0.05) is 6.07 Å². The second-order valence-corrected chi connectivity index (χ2v) is 8.00. The lowest BCUT2D eigenvalue weighted by Crippen LogP contribution is -2.48. The van der Waals surface area contributed by atoms with Crippen LogP contribution in [-0.4, -0.2) is 40.3 Å². The van der Waals surface area contributed by atoms with E-state index in [1.165, 1.54) is 4.31 Å². The number of hydrogen-bond donors (Lipinski definition) is 1. The molecule has 1 aliphatic rings. The average molecular weight is 376 g/mol. The van der Waals surface area contributed by atoms with E-state index in [-0.39, 0.29) is 6.54 Å². The van der Waals surface area contributed by atoms with Crippen LogP contribution in [0.5, 0.6) is 11.5 Å². The lowest BCUT2D eigenvalue weighted by Gasteiger charge is -2.34. The maximum absolute atomic E-state index is 12.6. The Balaban J connectivity index is 1.84. The highest BCUT2D eigenvalue weighted by Crippen LogP contribution is 2.36. The van der Waals surface area contributed by atoms with E-state index in [1.807, 2.05) is 13.0 Å². The van der Waals surface area contributed by atoms with Gasteiger partial charge in [0.1, 0.15) is 11.5 Å². The van der Waals surface area contributed by atoms with Crippen LogP contribution in [0.3, 0.4) is 0 Å². The predicted molar refractivity (Wildman–Crippen MR) is 99.4 cm³/mol. The first-order valence-electron chi connectivity index (χ1n) is 7.98. The smallest absolute Gasteiger partial charge is 0.267 e. The zero-order valence-electron chi connectivity index (χ0n) is 14.7. The number of methoxy groups -OCH3 is 1. The van der Waals surface area contributed by atoms with Crippen molar-refractivity contribution in [3.63, 3.8) is 0 Å². The Morgan fingerprint density at radius 3 is 2.54 bits per heavy atom. The molecule has 0 saturated heterocycles. The molecule has 26 heavy (non-hydrogen) atoms. The van der Waals surface area contributed by atoms with Crippen molar-refractivity contribution in [1.82, 2.24) is 0 Å². The third-order valence-corrected chi connectivity index (χ3v) is 5.18.